The highest BCUT2D eigenvalue weighted by Crippen LogP contribution is 2.30. The molecule has 2 aromatic rings. The molecule has 0 saturated carbocycles. The lowest BCUT2D eigenvalue weighted by molar-refractivity contribution is 0.600. The van der Waals surface area contributed by atoms with Crippen LogP contribution < -0.4 is 4.72 Å². The number of sulfonamides is 1. The number of rotatable bonds is 4. The zero-order valence-corrected chi connectivity index (χ0v) is 15.1. The van der Waals surface area contributed by atoms with Crippen molar-refractivity contribution < 1.29 is 8.42 Å². The second-order valence-corrected chi connectivity index (χ2v) is 8.02. The van der Waals surface area contributed by atoms with Gasteiger partial charge in [0.2, 0.25) is 0 Å². The first-order valence-electron chi connectivity index (χ1n) is 6.29. The summed E-state index contributed by atoms with van der Waals surface area (Å²) in [5.41, 5.74) is 2.08. The Morgan fingerprint density at radius 2 is 1.77 bits per heavy atom. The topological polar surface area (TPSA) is 70.0 Å². The molecule has 0 aromatic heterocycles. The average molecular weight is 397 g/mol. The maximum absolute atomic E-state index is 12.5. The van der Waals surface area contributed by atoms with Crippen molar-refractivity contribution >= 4 is 43.4 Å². The maximum atomic E-state index is 12.5. The van der Waals surface area contributed by atoms with E-state index in [4.69, 9.17) is 5.26 Å². The van der Waals surface area contributed by atoms with Gasteiger partial charge in [-0.1, -0.05) is 12.1 Å². The number of aryl methyl sites for hydroxylation is 2. The van der Waals surface area contributed by atoms with Gasteiger partial charge in [-0.15, -0.1) is 0 Å². The van der Waals surface area contributed by atoms with E-state index in [1.54, 1.807) is 30.3 Å². The highest BCUT2D eigenvalue weighted by Gasteiger charge is 2.19. The quantitative estimate of drug-likeness (QED) is 0.612. The van der Waals surface area contributed by atoms with Crippen molar-refractivity contribution in [2.45, 2.75) is 23.6 Å². The molecule has 0 aliphatic rings. The molecule has 4 nitrogen and oxygen atoms in total. The molecule has 114 valence electrons. The lowest BCUT2D eigenvalue weighted by Gasteiger charge is -2.15. The molecule has 0 aliphatic carbocycles. The third kappa shape index (κ3) is 3.64. The fourth-order valence-corrected chi connectivity index (χ4v) is 4.83. The van der Waals surface area contributed by atoms with Crippen molar-refractivity contribution in [1.82, 2.24) is 0 Å². The standard InChI is InChI=1S/C15H13BrN2O2S2/c1-10-7-12(21-9-17)8-11(2)15(10)18-22(19,20)14-6-4-3-5-13(14)16/h3-8,18H,1-2H3. The summed E-state index contributed by atoms with van der Waals surface area (Å²) < 4.78 is 28.2. The zero-order valence-electron chi connectivity index (χ0n) is 11.9. The van der Waals surface area contributed by atoms with Crippen LogP contribution >= 0.6 is 27.7 Å². The molecule has 0 aliphatic heterocycles. The van der Waals surface area contributed by atoms with Gasteiger partial charge in [-0.3, -0.25) is 4.72 Å². The minimum absolute atomic E-state index is 0.185. The van der Waals surface area contributed by atoms with E-state index in [1.807, 2.05) is 19.2 Å². The fourth-order valence-electron chi connectivity index (χ4n) is 2.05. The van der Waals surface area contributed by atoms with E-state index in [1.165, 1.54) is 6.07 Å². The Labute approximate surface area is 142 Å². The van der Waals surface area contributed by atoms with Gasteiger partial charge in [-0.25, -0.2) is 8.42 Å². The van der Waals surface area contributed by atoms with E-state index in [0.717, 1.165) is 27.8 Å². The van der Waals surface area contributed by atoms with Crippen LogP contribution in [-0.2, 0) is 10.0 Å². The summed E-state index contributed by atoms with van der Waals surface area (Å²) in [4.78, 5) is 0.977. The van der Waals surface area contributed by atoms with Crippen LogP contribution in [0.5, 0.6) is 0 Å². The summed E-state index contributed by atoms with van der Waals surface area (Å²) in [5, 5.41) is 10.7. The molecule has 22 heavy (non-hydrogen) atoms. The molecule has 0 radical (unpaired) electrons. The van der Waals surface area contributed by atoms with Gasteiger partial charge in [0.25, 0.3) is 10.0 Å². The number of nitrogens with zero attached hydrogens (tertiary/aromatic N) is 1. The van der Waals surface area contributed by atoms with Crippen LogP contribution in [0.25, 0.3) is 0 Å². The molecule has 7 heteroatoms. The number of hydrogen-bond donors (Lipinski definition) is 1. The van der Waals surface area contributed by atoms with Crippen LogP contribution in [0.2, 0.25) is 0 Å². The predicted octanol–water partition coefficient (Wildman–Crippen LogP) is 4.44. The van der Waals surface area contributed by atoms with Crippen molar-refractivity contribution in [3.63, 3.8) is 0 Å². The summed E-state index contributed by atoms with van der Waals surface area (Å²) in [5.74, 6) is 0. The number of hydrogen-bond acceptors (Lipinski definition) is 4. The third-order valence-electron chi connectivity index (χ3n) is 3.03. The third-order valence-corrected chi connectivity index (χ3v) is 5.96. The first kappa shape index (κ1) is 16.9. The molecule has 0 saturated heterocycles. The van der Waals surface area contributed by atoms with E-state index in [9.17, 15) is 8.42 Å². The molecule has 0 amide bonds. The van der Waals surface area contributed by atoms with Gasteiger partial charge in [-0.05, 0) is 76.9 Å². The number of anilines is 1. The smallest absolute Gasteiger partial charge is 0.263 e. The SMILES string of the molecule is Cc1cc(SC#N)cc(C)c1NS(=O)(=O)c1ccccc1Br. The molecule has 0 bridgehead atoms. The van der Waals surface area contributed by atoms with E-state index >= 15 is 0 Å². The predicted molar refractivity (Wildman–Crippen MR) is 92.3 cm³/mol. The van der Waals surface area contributed by atoms with E-state index in [2.05, 4.69) is 20.7 Å². The summed E-state index contributed by atoms with van der Waals surface area (Å²) in [6.07, 6.45) is 0. The van der Waals surface area contributed by atoms with Crippen LogP contribution in [-0.4, -0.2) is 8.42 Å². The van der Waals surface area contributed by atoms with Gasteiger partial charge in [0.1, 0.15) is 10.3 Å². The molecular weight excluding hydrogens is 384 g/mol. The Balaban J connectivity index is 2.43. The molecule has 0 fully saturated rings. The Hall–Kier alpha value is -1.49. The fraction of sp³-hybridized carbons (Fsp3) is 0.133. The van der Waals surface area contributed by atoms with Crippen LogP contribution in [0, 0.1) is 24.5 Å². The number of thiocyanates is 1. The highest BCUT2D eigenvalue weighted by atomic mass is 79.9. The van der Waals surface area contributed by atoms with Crippen molar-refractivity contribution in [2.75, 3.05) is 4.72 Å². The molecule has 2 aromatic carbocycles. The van der Waals surface area contributed by atoms with Gasteiger partial charge in [0.05, 0.1) is 5.69 Å². The van der Waals surface area contributed by atoms with Crippen molar-refractivity contribution in [3.8, 4) is 5.40 Å². The van der Waals surface area contributed by atoms with Crippen molar-refractivity contribution in [3.05, 3.63) is 52.0 Å². The minimum Gasteiger partial charge on any atom is -0.279 e. The normalized spacial score (nSPS) is 11.0. The average Bonchev–Trinajstić information content (AvgIpc) is 2.43. The number of halogens is 1. The highest BCUT2D eigenvalue weighted by molar-refractivity contribution is 9.10. The summed E-state index contributed by atoms with van der Waals surface area (Å²) in [6.45, 7) is 3.62. The second kappa shape index (κ2) is 6.73. The Bertz CT molecular complexity index is 835. The number of nitrogens with one attached hydrogen (secondary N) is 1. The number of nitriles is 1. The van der Waals surface area contributed by atoms with Gasteiger partial charge in [0, 0.05) is 9.37 Å². The van der Waals surface area contributed by atoms with Crippen LogP contribution in [0.15, 0.2) is 50.7 Å². The number of thioether (sulfide) groups is 1. The Morgan fingerprint density at radius 3 is 2.32 bits per heavy atom. The van der Waals surface area contributed by atoms with Gasteiger partial charge in [0.15, 0.2) is 0 Å². The monoisotopic (exact) mass is 396 g/mol. The van der Waals surface area contributed by atoms with Crippen molar-refractivity contribution in [1.29, 1.82) is 5.26 Å². The van der Waals surface area contributed by atoms with E-state index in [-0.39, 0.29) is 4.90 Å². The molecule has 1 N–H and O–H groups in total. The van der Waals surface area contributed by atoms with Crippen LogP contribution in [0.1, 0.15) is 11.1 Å². The second-order valence-electron chi connectivity index (χ2n) is 4.66. The van der Waals surface area contributed by atoms with E-state index in [0.29, 0.717) is 10.2 Å². The zero-order chi connectivity index (χ0) is 16.3. The number of benzene rings is 2. The molecule has 0 spiro atoms. The molecule has 2 rings (SSSR count). The minimum atomic E-state index is -3.68. The lowest BCUT2D eigenvalue weighted by atomic mass is 10.1. The Kier molecular flexibility index (Phi) is 5.16. The maximum Gasteiger partial charge on any atom is 0.263 e. The van der Waals surface area contributed by atoms with Gasteiger partial charge >= 0.3 is 0 Å². The first-order chi connectivity index (χ1) is 10.3. The van der Waals surface area contributed by atoms with Gasteiger partial charge in [-0.2, -0.15) is 5.26 Å². The van der Waals surface area contributed by atoms with Crippen molar-refractivity contribution in [2.24, 2.45) is 0 Å². The first-order valence-corrected chi connectivity index (χ1v) is 9.39. The molecule has 0 heterocycles. The summed E-state index contributed by atoms with van der Waals surface area (Å²) in [6, 6.07) is 10.2. The molecule has 0 atom stereocenters. The summed E-state index contributed by atoms with van der Waals surface area (Å²) >= 11 is 4.31. The largest absolute Gasteiger partial charge is 0.279 e. The van der Waals surface area contributed by atoms with Gasteiger partial charge < -0.3 is 0 Å². The van der Waals surface area contributed by atoms with E-state index < -0.39 is 10.0 Å². The lowest BCUT2D eigenvalue weighted by Crippen LogP contribution is -2.15. The molecule has 0 unspecified atom stereocenters. The van der Waals surface area contributed by atoms with Crippen LogP contribution in [0.4, 0.5) is 5.69 Å². The Morgan fingerprint density at radius 1 is 1.18 bits per heavy atom. The van der Waals surface area contributed by atoms with Crippen LogP contribution in [0.3, 0.4) is 0 Å². The summed E-state index contributed by atoms with van der Waals surface area (Å²) in [7, 11) is -3.68. The molecular formula is C15H13BrN2O2S2.